The van der Waals surface area contributed by atoms with Gasteiger partial charge in [-0.3, -0.25) is 14.9 Å². The highest BCUT2D eigenvalue weighted by molar-refractivity contribution is 9.10. The summed E-state index contributed by atoms with van der Waals surface area (Å²) in [6.07, 6.45) is 0. The third-order valence-electron chi connectivity index (χ3n) is 2.58. The van der Waals surface area contributed by atoms with E-state index in [1.165, 1.54) is 30.3 Å². The maximum Gasteiger partial charge on any atom is 0.283 e. The number of rotatable bonds is 3. The number of nitrogens with zero attached hydrogens (tertiary/aromatic N) is 1. The first kappa shape index (κ1) is 15.6. The number of halogens is 3. The smallest absolute Gasteiger partial charge is 0.283 e. The van der Waals surface area contributed by atoms with Crippen molar-refractivity contribution in [2.45, 2.75) is 0 Å². The number of amides is 1. The zero-order valence-corrected chi connectivity index (χ0v) is 13.4. The largest absolute Gasteiger partial charge is 0.322 e. The lowest BCUT2D eigenvalue weighted by Gasteiger charge is -2.07. The summed E-state index contributed by atoms with van der Waals surface area (Å²) in [6, 6.07) is 8.07. The van der Waals surface area contributed by atoms with Crippen LogP contribution in [-0.4, -0.2) is 10.8 Å². The highest BCUT2D eigenvalue weighted by Gasteiger charge is 2.15. The highest BCUT2D eigenvalue weighted by atomic mass is 79.9. The SMILES string of the molecule is O=C(Nc1ccc([N+](=O)[O-])c(Br)c1)c1ccc(Br)cc1F. The van der Waals surface area contributed by atoms with Crippen LogP contribution in [0.1, 0.15) is 10.4 Å². The maximum atomic E-state index is 13.7. The standard InChI is InChI=1S/C13H7Br2FN2O3/c14-7-1-3-9(11(16)5-7)13(19)17-8-2-4-12(18(20)21)10(15)6-8/h1-6H,(H,17,19). The van der Waals surface area contributed by atoms with Crippen LogP contribution in [0, 0.1) is 15.9 Å². The second kappa shape index (κ2) is 6.31. The summed E-state index contributed by atoms with van der Waals surface area (Å²) in [5.41, 5.74) is 0.0790. The third kappa shape index (κ3) is 3.64. The fraction of sp³-hybridized carbons (Fsp3) is 0. The summed E-state index contributed by atoms with van der Waals surface area (Å²) < 4.78 is 14.4. The van der Waals surface area contributed by atoms with Crippen LogP contribution in [0.15, 0.2) is 45.3 Å². The van der Waals surface area contributed by atoms with Gasteiger partial charge in [0.05, 0.1) is 15.0 Å². The summed E-state index contributed by atoms with van der Waals surface area (Å²) in [5.74, 6) is -1.30. The minimum Gasteiger partial charge on any atom is -0.322 e. The molecule has 0 aliphatic heterocycles. The summed E-state index contributed by atoms with van der Waals surface area (Å²) in [6.45, 7) is 0. The van der Waals surface area contributed by atoms with Crippen molar-refractivity contribution in [2.24, 2.45) is 0 Å². The predicted molar refractivity (Wildman–Crippen MR) is 82.8 cm³/mol. The monoisotopic (exact) mass is 416 g/mol. The molecule has 21 heavy (non-hydrogen) atoms. The van der Waals surface area contributed by atoms with Gasteiger partial charge in [0.15, 0.2) is 0 Å². The third-order valence-corrected chi connectivity index (χ3v) is 3.71. The molecular formula is C13H7Br2FN2O3. The number of anilines is 1. The summed E-state index contributed by atoms with van der Waals surface area (Å²) >= 11 is 6.15. The fourth-order valence-electron chi connectivity index (χ4n) is 1.60. The Bertz CT molecular complexity index is 737. The van der Waals surface area contributed by atoms with Gasteiger partial charge in [0.25, 0.3) is 11.6 Å². The van der Waals surface area contributed by atoms with Gasteiger partial charge >= 0.3 is 0 Å². The van der Waals surface area contributed by atoms with Crippen molar-refractivity contribution in [2.75, 3.05) is 5.32 Å². The lowest BCUT2D eigenvalue weighted by molar-refractivity contribution is -0.385. The molecule has 0 saturated carbocycles. The quantitative estimate of drug-likeness (QED) is 0.589. The summed E-state index contributed by atoms with van der Waals surface area (Å²) in [7, 11) is 0. The van der Waals surface area contributed by atoms with Gasteiger partial charge in [0.1, 0.15) is 5.82 Å². The van der Waals surface area contributed by atoms with E-state index in [1.807, 2.05) is 0 Å². The molecule has 0 saturated heterocycles. The van der Waals surface area contributed by atoms with Gasteiger partial charge in [0.2, 0.25) is 0 Å². The lowest BCUT2D eigenvalue weighted by Crippen LogP contribution is -2.13. The van der Waals surface area contributed by atoms with Gasteiger partial charge in [0, 0.05) is 16.2 Å². The molecule has 5 nitrogen and oxygen atoms in total. The van der Waals surface area contributed by atoms with Crippen molar-refractivity contribution in [1.82, 2.24) is 0 Å². The minimum absolute atomic E-state index is 0.118. The van der Waals surface area contributed by atoms with E-state index in [4.69, 9.17) is 0 Å². The molecule has 0 aliphatic carbocycles. The van der Waals surface area contributed by atoms with E-state index in [1.54, 1.807) is 6.07 Å². The Morgan fingerprint density at radius 1 is 1.19 bits per heavy atom. The number of hydrogen-bond acceptors (Lipinski definition) is 3. The zero-order valence-electron chi connectivity index (χ0n) is 10.3. The Balaban J connectivity index is 2.23. The van der Waals surface area contributed by atoms with Crippen LogP contribution in [0.2, 0.25) is 0 Å². The van der Waals surface area contributed by atoms with Gasteiger partial charge in [-0.05, 0) is 46.3 Å². The van der Waals surface area contributed by atoms with Crippen LogP contribution in [-0.2, 0) is 0 Å². The van der Waals surface area contributed by atoms with Crippen LogP contribution in [0.5, 0.6) is 0 Å². The lowest BCUT2D eigenvalue weighted by atomic mass is 10.2. The van der Waals surface area contributed by atoms with Crippen LogP contribution in [0.4, 0.5) is 15.8 Å². The van der Waals surface area contributed by atoms with Gasteiger partial charge in [-0.2, -0.15) is 0 Å². The average Bonchev–Trinajstić information content (AvgIpc) is 2.37. The van der Waals surface area contributed by atoms with Gasteiger partial charge in [-0.1, -0.05) is 15.9 Å². The number of nitro groups is 1. The Morgan fingerprint density at radius 2 is 1.90 bits per heavy atom. The molecule has 0 spiro atoms. The molecule has 2 aromatic carbocycles. The van der Waals surface area contributed by atoms with Crippen molar-refractivity contribution in [3.05, 3.63) is 66.8 Å². The van der Waals surface area contributed by atoms with E-state index >= 15 is 0 Å². The number of benzene rings is 2. The number of hydrogen-bond donors (Lipinski definition) is 1. The van der Waals surface area contributed by atoms with E-state index < -0.39 is 16.6 Å². The molecule has 2 rings (SSSR count). The van der Waals surface area contributed by atoms with Crippen LogP contribution in [0.25, 0.3) is 0 Å². The second-order valence-corrected chi connectivity index (χ2v) is 5.77. The van der Waals surface area contributed by atoms with Gasteiger partial charge in [-0.25, -0.2) is 4.39 Å². The van der Waals surface area contributed by atoms with Crippen LogP contribution < -0.4 is 5.32 Å². The fourth-order valence-corrected chi connectivity index (χ4v) is 2.46. The van der Waals surface area contributed by atoms with Crippen molar-refractivity contribution < 1.29 is 14.1 Å². The average molecular weight is 418 g/mol. The molecule has 0 fully saturated rings. The van der Waals surface area contributed by atoms with Gasteiger partial charge < -0.3 is 5.32 Å². The van der Waals surface area contributed by atoms with Crippen LogP contribution >= 0.6 is 31.9 Å². The Kier molecular flexibility index (Phi) is 4.69. The Hall–Kier alpha value is -1.80. The predicted octanol–water partition coefficient (Wildman–Crippen LogP) is 4.51. The summed E-state index contributed by atoms with van der Waals surface area (Å²) in [5, 5.41) is 13.2. The molecule has 0 heterocycles. The molecule has 0 aliphatic rings. The van der Waals surface area contributed by atoms with Gasteiger partial charge in [-0.15, -0.1) is 0 Å². The molecule has 2 aromatic rings. The molecule has 1 N–H and O–H groups in total. The maximum absolute atomic E-state index is 13.7. The molecule has 0 radical (unpaired) electrons. The number of nitro benzene ring substituents is 1. The van der Waals surface area contributed by atoms with Crippen molar-refractivity contribution in [3.63, 3.8) is 0 Å². The summed E-state index contributed by atoms with van der Waals surface area (Å²) in [4.78, 5) is 22.1. The van der Waals surface area contributed by atoms with E-state index in [0.29, 0.717) is 10.2 Å². The highest BCUT2D eigenvalue weighted by Crippen LogP contribution is 2.28. The molecule has 8 heteroatoms. The van der Waals surface area contributed by atoms with E-state index in [9.17, 15) is 19.3 Å². The molecule has 1 amide bonds. The molecule has 0 atom stereocenters. The minimum atomic E-state index is -0.664. The van der Waals surface area contributed by atoms with Crippen LogP contribution in [0.3, 0.4) is 0 Å². The normalized spacial score (nSPS) is 10.2. The van der Waals surface area contributed by atoms with Crippen molar-refractivity contribution in [3.8, 4) is 0 Å². The van der Waals surface area contributed by atoms with Crippen molar-refractivity contribution >= 4 is 49.1 Å². The topological polar surface area (TPSA) is 72.2 Å². The first-order chi connectivity index (χ1) is 9.88. The number of carbonyl (C=O) groups excluding carboxylic acids is 1. The first-order valence-electron chi connectivity index (χ1n) is 5.59. The van der Waals surface area contributed by atoms with Crippen molar-refractivity contribution in [1.29, 1.82) is 0 Å². The van der Waals surface area contributed by atoms with E-state index in [-0.39, 0.29) is 15.7 Å². The zero-order chi connectivity index (χ0) is 15.6. The second-order valence-electron chi connectivity index (χ2n) is 4.00. The molecule has 0 bridgehead atoms. The van der Waals surface area contributed by atoms with E-state index in [0.717, 1.165) is 0 Å². The molecular weight excluding hydrogens is 411 g/mol. The Labute approximate surface area is 135 Å². The van der Waals surface area contributed by atoms with E-state index in [2.05, 4.69) is 37.2 Å². The first-order valence-corrected chi connectivity index (χ1v) is 7.17. The Morgan fingerprint density at radius 3 is 2.48 bits per heavy atom. The number of carbonyl (C=O) groups is 1. The molecule has 108 valence electrons. The molecule has 0 unspecified atom stereocenters. The number of nitrogens with one attached hydrogen (secondary N) is 1. The molecule has 0 aromatic heterocycles.